The van der Waals surface area contributed by atoms with Crippen molar-refractivity contribution in [2.45, 2.75) is 45.2 Å². The van der Waals surface area contributed by atoms with Crippen molar-refractivity contribution in [1.82, 2.24) is 5.32 Å². The smallest absolute Gasteiger partial charge is 0.320 e. The lowest BCUT2D eigenvalue weighted by Gasteiger charge is -2.16. The Balaban J connectivity index is 4.09. The van der Waals surface area contributed by atoms with Gasteiger partial charge in [-0.25, -0.2) is 0 Å². The molecule has 13 heavy (non-hydrogen) atoms. The van der Waals surface area contributed by atoms with Gasteiger partial charge in [0.1, 0.15) is 6.04 Å². The Morgan fingerprint density at radius 1 is 1.62 bits per heavy atom. The number of carboxylic acid groups (broad SMARTS) is 1. The molecule has 2 N–H and O–H groups in total. The number of carbonyl (C=O) groups is 1. The van der Waals surface area contributed by atoms with Gasteiger partial charge in [-0.05, 0) is 12.8 Å². The zero-order valence-corrected chi connectivity index (χ0v) is 8.08. The topological polar surface area (TPSA) is 73.1 Å². The molecule has 0 aliphatic carbocycles. The van der Waals surface area contributed by atoms with Gasteiger partial charge in [-0.15, -0.1) is 0 Å². The number of nitrogens with zero attached hydrogens (tertiary/aromatic N) is 1. The minimum Gasteiger partial charge on any atom is -0.480 e. The van der Waals surface area contributed by atoms with Crippen molar-refractivity contribution >= 4 is 5.97 Å². The quantitative estimate of drug-likeness (QED) is 0.649. The summed E-state index contributed by atoms with van der Waals surface area (Å²) in [6, 6.07) is 1.08. The lowest BCUT2D eigenvalue weighted by atomic mass is 10.1. The van der Waals surface area contributed by atoms with Crippen LogP contribution in [0, 0.1) is 11.3 Å². The van der Waals surface area contributed by atoms with Gasteiger partial charge < -0.3 is 5.11 Å². The summed E-state index contributed by atoms with van der Waals surface area (Å²) in [6.07, 6.45) is 1.99. The van der Waals surface area contributed by atoms with E-state index in [4.69, 9.17) is 10.4 Å². The Morgan fingerprint density at radius 2 is 2.23 bits per heavy atom. The summed E-state index contributed by atoms with van der Waals surface area (Å²) in [5.74, 6) is -0.879. The predicted molar refractivity (Wildman–Crippen MR) is 49.2 cm³/mol. The first kappa shape index (κ1) is 11.9. The zero-order chi connectivity index (χ0) is 10.3. The van der Waals surface area contributed by atoms with E-state index in [1.807, 2.05) is 19.9 Å². The van der Waals surface area contributed by atoms with Crippen LogP contribution in [-0.2, 0) is 4.79 Å². The minimum atomic E-state index is -0.879. The molecule has 0 rings (SSSR count). The fourth-order valence-electron chi connectivity index (χ4n) is 1.06. The lowest BCUT2D eigenvalue weighted by molar-refractivity contribution is -0.139. The minimum absolute atomic E-state index is 0.354. The number of hydrogen-bond acceptors (Lipinski definition) is 3. The third-order valence-electron chi connectivity index (χ3n) is 1.84. The Hall–Kier alpha value is -1.08. The van der Waals surface area contributed by atoms with Gasteiger partial charge in [-0.3, -0.25) is 10.1 Å². The van der Waals surface area contributed by atoms with Crippen molar-refractivity contribution in [3.8, 4) is 6.07 Å². The van der Waals surface area contributed by atoms with E-state index in [0.29, 0.717) is 12.8 Å². The molecular formula is C9H16N2O2. The summed E-state index contributed by atoms with van der Waals surface area (Å²) in [4.78, 5) is 10.7. The molecule has 2 atom stereocenters. The maximum atomic E-state index is 10.7. The molecule has 0 bridgehead atoms. The summed E-state index contributed by atoms with van der Waals surface area (Å²) in [5, 5.41) is 20.2. The summed E-state index contributed by atoms with van der Waals surface area (Å²) in [5.41, 5.74) is 0. The number of rotatable bonds is 6. The molecule has 0 aliphatic rings. The van der Waals surface area contributed by atoms with Crippen LogP contribution in [0.4, 0.5) is 0 Å². The molecule has 0 aromatic rings. The van der Waals surface area contributed by atoms with E-state index >= 15 is 0 Å². The van der Waals surface area contributed by atoms with E-state index in [2.05, 4.69) is 5.32 Å². The van der Waals surface area contributed by atoms with Gasteiger partial charge in [0.15, 0.2) is 0 Å². The van der Waals surface area contributed by atoms with E-state index in [0.717, 1.165) is 6.42 Å². The molecule has 0 heterocycles. The highest BCUT2D eigenvalue weighted by molar-refractivity contribution is 5.73. The largest absolute Gasteiger partial charge is 0.480 e. The van der Waals surface area contributed by atoms with E-state index < -0.39 is 12.0 Å². The number of nitrogens with one attached hydrogen (secondary N) is 1. The molecule has 0 amide bonds. The van der Waals surface area contributed by atoms with Crippen LogP contribution in [0.15, 0.2) is 0 Å². The van der Waals surface area contributed by atoms with Crippen molar-refractivity contribution in [3.05, 3.63) is 0 Å². The van der Waals surface area contributed by atoms with Gasteiger partial charge in [0.25, 0.3) is 0 Å². The number of aliphatic carboxylic acids is 1. The second kappa shape index (κ2) is 6.44. The molecule has 0 saturated heterocycles. The summed E-state index contributed by atoms with van der Waals surface area (Å²) in [6.45, 7) is 3.77. The second-order valence-electron chi connectivity index (χ2n) is 2.94. The normalized spacial score (nSPS) is 14.5. The van der Waals surface area contributed by atoms with Crippen LogP contribution in [0.3, 0.4) is 0 Å². The van der Waals surface area contributed by atoms with Crippen LogP contribution in [0.2, 0.25) is 0 Å². The van der Waals surface area contributed by atoms with Crippen molar-refractivity contribution in [1.29, 1.82) is 5.26 Å². The number of hydrogen-bond donors (Lipinski definition) is 2. The maximum Gasteiger partial charge on any atom is 0.320 e. The first-order valence-corrected chi connectivity index (χ1v) is 4.54. The molecule has 0 aliphatic heterocycles. The standard InChI is InChI=1S/C9H16N2O2/c1-3-5-8(9(12)13)11-7(4-2)6-10/h7-8,11H,3-5H2,1-2H3,(H,12,13). The zero-order valence-electron chi connectivity index (χ0n) is 8.08. The fourth-order valence-corrected chi connectivity index (χ4v) is 1.06. The van der Waals surface area contributed by atoms with Gasteiger partial charge in [-0.1, -0.05) is 20.3 Å². The number of carboxylic acids is 1. The molecule has 0 aromatic carbocycles. The Labute approximate surface area is 78.6 Å². The monoisotopic (exact) mass is 184 g/mol. The van der Waals surface area contributed by atoms with Crippen LogP contribution in [0.25, 0.3) is 0 Å². The van der Waals surface area contributed by atoms with Gasteiger partial charge in [0.05, 0.1) is 12.1 Å². The molecule has 0 aromatic heterocycles. The van der Waals surface area contributed by atoms with Crippen molar-refractivity contribution in [2.24, 2.45) is 0 Å². The van der Waals surface area contributed by atoms with Crippen molar-refractivity contribution < 1.29 is 9.90 Å². The van der Waals surface area contributed by atoms with Crippen LogP contribution < -0.4 is 5.32 Å². The summed E-state index contributed by atoms with van der Waals surface area (Å²) < 4.78 is 0. The van der Waals surface area contributed by atoms with E-state index in [1.165, 1.54) is 0 Å². The molecule has 4 heteroatoms. The van der Waals surface area contributed by atoms with Gasteiger partial charge in [-0.2, -0.15) is 5.26 Å². The van der Waals surface area contributed by atoms with Gasteiger partial charge >= 0.3 is 5.97 Å². The second-order valence-corrected chi connectivity index (χ2v) is 2.94. The van der Waals surface area contributed by atoms with Crippen LogP contribution in [-0.4, -0.2) is 23.2 Å². The van der Waals surface area contributed by atoms with E-state index in [-0.39, 0.29) is 6.04 Å². The molecule has 0 saturated carbocycles. The van der Waals surface area contributed by atoms with Gasteiger partial charge in [0, 0.05) is 0 Å². The van der Waals surface area contributed by atoms with Crippen LogP contribution >= 0.6 is 0 Å². The average molecular weight is 184 g/mol. The summed E-state index contributed by atoms with van der Waals surface area (Å²) >= 11 is 0. The molecule has 4 nitrogen and oxygen atoms in total. The predicted octanol–water partition coefficient (Wildman–Crippen LogP) is 1.13. The molecule has 0 radical (unpaired) electrons. The van der Waals surface area contributed by atoms with Gasteiger partial charge in [0.2, 0.25) is 0 Å². The third kappa shape index (κ3) is 4.48. The first-order valence-electron chi connectivity index (χ1n) is 4.54. The van der Waals surface area contributed by atoms with Crippen molar-refractivity contribution in [3.63, 3.8) is 0 Å². The Bertz CT molecular complexity index is 198. The molecule has 0 spiro atoms. The fraction of sp³-hybridized carbons (Fsp3) is 0.778. The van der Waals surface area contributed by atoms with Crippen LogP contribution in [0.1, 0.15) is 33.1 Å². The van der Waals surface area contributed by atoms with Crippen molar-refractivity contribution in [2.75, 3.05) is 0 Å². The van der Waals surface area contributed by atoms with Crippen LogP contribution in [0.5, 0.6) is 0 Å². The van der Waals surface area contributed by atoms with E-state index in [9.17, 15) is 4.79 Å². The molecule has 74 valence electrons. The SMILES string of the molecule is CCCC(NC(C#N)CC)C(=O)O. The molecule has 0 fully saturated rings. The third-order valence-corrected chi connectivity index (χ3v) is 1.84. The summed E-state index contributed by atoms with van der Waals surface area (Å²) in [7, 11) is 0. The molecular weight excluding hydrogens is 168 g/mol. The highest BCUT2D eigenvalue weighted by Gasteiger charge is 2.18. The average Bonchev–Trinajstić information content (AvgIpc) is 2.11. The lowest BCUT2D eigenvalue weighted by Crippen LogP contribution is -2.42. The first-order chi connectivity index (χ1) is 6.15. The Morgan fingerprint density at radius 3 is 2.54 bits per heavy atom. The maximum absolute atomic E-state index is 10.7. The number of nitriles is 1. The Kier molecular flexibility index (Phi) is 5.90. The van der Waals surface area contributed by atoms with E-state index in [1.54, 1.807) is 0 Å². The molecule has 2 unspecified atom stereocenters. The highest BCUT2D eigenvalue weighted by Crippen LogP contribution is 2.00. The highest BCUT2D eigenvalue weighted by atomic mass is 16.4.